The van der Waals surface area contributed by atoms with E-state index in [0.717, 1.165) is 8.19 Å². The molecule has 0 aromatic carbocycles. The average Bonchev–Trinajstić information content (AvgIpc) is 1.98. The zero-order chi connectivity index (χ0) is 6.15. The van der Waals surface area contributed by atoms with Crippen molar-refractivity contribution in [1.29, 1.82) is 0 Å². The van der Waals surface area contributed by atoms with Gasteiger partial charge in [-0.15, -0.1) is 8.19 Å². The minimum Gasteiger partial charge on any atom is -1.00 e. The van der Waals surface area contributed by atoms with Gasteiger partial charge in [0.15, 0.2) is 0 Å². The molecule has 0 bridgehead atoms. The van der Waals surface area contributed by atoms with Crippen molar-refractivity contribution >= 4 is 47.2 Å². The van der Waals surface area contributed by atoms with E-state index in [4.69, 9.17) is 0 Å². The van der Waals surface area contributed by atoms with Gasteiger partial charge < -0.3 is 2.85 Å². The molecule has 0 N–H and O–H groups in total. The second-order valence-electron chi connectivity index (χ2n) is 1.91. The van der Waals surface area contributed by atoms with Gasteiger partial charge in [-0.2, -0.15) is 0 Å². The van der Waals surface area contributed by atoms with Gasteiger partial charge in [0.1, 0.15) is 0 Å². The zero-order valence-corrected chi connectivity index (χ0v) is 9.66. The molecule has 1 heterocycles. The van der Waals surface area contributed by atoms with E-state index in [9.17, 15) is 0 Å². The summed E-state index contributed by atoms with van der Waals surface area (Å²) in [7, 11) is 0.877. The molecule has 1 rings (SSSR count). The van der Waals surface area contributed by atoms with E-state index in [0.29, 0.717) is 0 Å². The van der Waals surface area contributed by atoms with Crippen molar-refractivity contribution < 1.29 is 2.85 Å². The molecule has 3 heteroatoms. The van der Waals surface area contributed by atoms with Crippen LogP contribution in [0.3, 0.4) is 0 Å². The molecule has 0 saturated heterocycles. The van der Waals surface area contributed by atoms with Gasteiger partial charge in [-0.1, -0.05) is 0 Å². The van der Waals surface area contributed by atoms with E-state index in [1.54, 1.807) is 0 Å². The van der Waals surface area contributed by atoms with Crippen LogP contribution in [-0.2, 0) is 0 Å². The number of aryl methyl sites for hydroxylation is 1. The summed E-state index contributed by atoms with van der Waals surface area (Å²) in [6.45, 7) is 4.30. The van der Waals surface area contributed by atoms with Crippen molar-refractivity contribution in [3.05, 3.63) is 21.1 Å². The van der Waals surface area contributed by atoms with Crippen LogP contribution >= 0.6 is 24.1 Å². The molecule has 1 unspecified atom stereocenters. The summed E-state index contributed by atoms with van der Waals surface area (Å²) < 4.78 is 1.37. The van der Waals surface area contributed by atoms with Crippen LogP contribution in [0.1, 0.15) is 14.0 Å². The molecule has 1 aromatic heterocycles. The van der Waals surface area contributed by atoms with Gasteiger partial charge in [0.25, 0.3) is 0 Å². The fourth-order valence-electron chi connectivity index (χ4n) is 0.561. The maximum Gasteiger partial charge on any atom is 2.00 e. The van der Waals surface area contributed by atoms with Gasteiger partial charge >= 0.3 is 23.1 Å². The quantitative estimate of drug-likeness (QED) is 0.586. The Bertz CT molecular complexity index is 183. The molecule has 0 spiro atoms. The molecule has 0 nitrogen and oxygen atoms in total. The predicted octanol–water partition coefficient (Wildman–Crippen LogP) is 2.94. The molecule has 0 saturated carbocycles. The van der Waals surface area contributed by atoms with Gasteiger partial charge in [-0.25, -0.2) is 0 Å². The molecular weight excluding hydrogens is 207 g/mol. The molecule has 0 aliphatic heterocycles. The average molecular weight is 217 g/mol. The Kier molecular flexibility index (Phi) is 4.48. The van der Waals surface area contributed by atoms with Crippen LogP contribution in [0, 0.1) is 13.8 Å². The monoisotopic (exact) mass is 216 g/mol. The largest absolute Gasteiger partial charge is 2.00 e. The third kappa shape index (κ3) is 2.27. The second-order valence-corrected chi connectivity index (χ2v) is 4.51. The maximum atomic E-state index is 3.48. The first kappa shape index (κ1) is 10.0. The van der Waals surface area contributed by atoms with E-state index in [-0.39, 0.29) is 25.9 Å². The van der Waals surface area contributed by atoms with Gasteiger partial charge in [0, 0.05) is 4.20 Å². The molecule has 1 atom stereocenters. The smallest absolute Gasteiger partial charge is 1.00 e. The van der Waals surface area contributed by atoms with Crippen molar-refractivity contribution in [3.63, 3.8) is 0 Å². The Hall–Kier alpha value is 1.03. The Morgan fingerprint density at radius 1 is 1.56 bits per heavy atom. The predicted molar refractivity (Wildman–Crippen MR) is 51.1 cm³/mol. The zero-order valence-electron chi connectivity index (χ0n) is 7.66. The van der Waals surface area contributed by atoms with Crippen LogP contribution in [0.5, 0.6) is 0 Å². The molecule has 9 heavy (non-hydrogen) atoms. The Labute approximate surface area is 84.8 Å². The van der Waals surface area contributed by atoms with Crippen LogP contribution in [0.4, 0.5) is 0 Å². The number of hydrogen-bond donors (Lipinski definition) is 0. The van der Waals surface area contributed by atoms with Crippen LogP contribution in [0.15, 0.2) is 10.0 Å². The number of halogens is 1. The van der Waals surface area contributed by atoms with E-state index in [1.807, 2.05) is 0 Å². The Morgan fingerprint density at radius 3 is 2.22 bits per heavy atom. The van der Waals surface area contributed by atoms with Crippen molar-refractivity contribution in [3.8, 4) is 0 Å². The van der Waals surface area contributed by atoms with E-state index in [1.165, 1.54) is 15.3 Å². The molecule has 0 amide bonds. The van der Waals surface area contributed by atoms with Crippen LogP contribution in [0.25, 0.3) is 0 Å². The van der Waals surface area contributed by atoms with Crippen molar-refractivity contribution in [2.24, 2.45) is 0 Å². The molecule has 0 aliphatic carbocycles. The van der Waals surface area contributed by atoms with Crippen molar-refractivity contribution in [1.82, 2.24) is 0 Å². The summed E-state index contributed by atoms with van der Waals surface area (Å²) >= 11 is 3.48. The normalized spacial score (nSPS) is 9.67. The minimum absolute atomic E-state index is 0. The summed E-state index contributed by atoms with van der Waals surface area (Å²) in [6.07, 6.45) is 0. The van der Waals surface area contributed by atoms with Gasteiger partial charge in [0.05, 0.1) is 0 Å². The molecular formula is C6H10BrMgP. The van der Waals surface area contributed by atoms with Crippen LogP contribution in [0.2, 0.25) is 0 Å². The summed E-state index contributed by atoms with van der Waals surface area (Å²) in [4.78, 5) is 0. The molecule has 0 radical (unpaired) electrons. The van der Waals surface area contributed by atoms with E-state index in [2.05, 4.69) is 35.6 Å². The Morgan fingerprint density at radius 2 is 2.11 bits per heavy atom. The van der Waals surface area contributed by atoms with E-state index >= 15 is 0 Å². The van der Waals surface area contributed by atoms with Crippen LogP contribution in [-0.4, -0.2) is 23.1 Å². The third-order valence-corrected chi connectivity index (χ3v) is 3.82. The van der Waals surface area contributed by atoms with Crippen molar-refractivity contribution in [2.75, 3.05) is 0 Å². The topological polar surface area (TPSA) is 0 Å². The fraction of sp³-hybridized carbons (Fsp3) is 0.333. The summed E-state index contributed by atoms with van der Waals surface area (Å²) in [6, 6.07) is 0. The number of hydrogen-bond acceptors (Lipinski definition) is 0. The van der Waals surface area contributed by atoms with E-state index < -0.39 is 0 Å². The number of rotatable bonds is 0. The molecule has 0 fully saturated rings. The van der Waals surface area contributed by atoms with Gasteiger partial charge in [-0.3, -0.25) is 0 Å². The second kappa shape index (κ2) is 4.02. The summed E-state index contributed by atoms with van der Waals surface area (Å²) in [5, 5.41) is 0. The first-order chi connectivity index (χ1) is 3.72. The van der Waals surface area contributed by atoms with Gasteiger partial charge in [-0.05, 0) is 46.7 Å². The Balaban J connectivity index is -0.000000213. The standard InChI is InChI=1S/C6H8BrP.Mg.2H/c1-4-3-8-6(7)5(4)2;;;/h3,8H,1-2H3;;;/q;+2;2*-1. The summed E-state index contributed by atoms with van der Waals surface area (Å²) in [5.41, 5.74) is 2.85. The maximum absolute atomic E-state index is 3.48. The minimum atomic E-state index is 0. The first-order valence-electron chi connectivity index (χ1n) is 2.52. The fourth-order valence-corrected chi connectivity index (χ4v) is 2.19. The van der Waals surface area contributed by atoms with Crippen molar-refractivity contribution in [2.45, 2.75) is 13.8 Å². The van der Waals surface area contributed by atoms with Gasteiger partial charge in [0.2, 0.25) is 0 Å². The SMILES string of the molecule is Cc1c[pH]c(Br)c1C.[H-].[H-].[Mg+2]. The first-order valence-corrected chi connectivity index (χ1v) is 4.39. The molecule has 48 valence electrons. The molecule has 0 aliphatic rings. The molecule has 1 aromatic rings. The van der Waals surface area contributed by atoms with Crippen LogP contribution < -0.4 is 0 Å². The summed E-state index contributed by atoms with van der Waals surface area (Å²) in [5.74, 6) is 2.26. The third-order valence-electron chi connectivity index (χ3n) is 1.34.